The number of aliphatic hydroxyl groups excluding tert-OH is 1. The molecule has 0 heterocycles. The number of rotatable bonds is 10. The van der Waals surface area contributed by atoms with Gasteiger partial charge in [0, 0.05) is 20.8 Å². The highest BCUT2D eigenvalue weighted by Crippen LogP contribution is 2.63. The third kappa shape index (κ3) is 4.52. The van der Waals surface area contributed by atoms with Gasteiger partial charge in [-0.3, -0.25) is 0 Å². The van der Waals surface area contributed by atoms with E-state index in [1.807, 2.05) is 0 Å². The number of hydrogen-bond donors (Lipinski definition) is 1. The average Bonchev–Trinajstić information content (AvgIpc) is 3.12. The quantitative estimate of drug-likeness (QED) is 0.421. The van der Waals surface area contributed by atoms with Gasteiger partial charge in [0.25, 0.3) is 0 Å². The van der Waals surface area contributed by atoms with Crippen molar-refractivity contribution in [2.45, 2.75) is 70.3 Å². The largest absolute Gasteiger partial charge is 0.468 e. The van der Waals surface area contributed by atoms with Crippen molar-refractivity contribution < 1.29 is 24.1 Å². The number of aliphatic hydroxyl groups is 1. The van der Waals surface area contributed by atoms with Gasteiger partial charge < -0.3 is 24.1 Å². The third-order valence-corrected chi connectivity index (χ3v) is 8.50. The van der Waals surface area contributed by atoms with Gasteiger partial charge in [0.05, 0.1) is 6.10 Å². The van der Waals surface area contributed by atoms with Crippen LogP contribution in [0, 0.1) is 23.2 Å². The fourth-order valence-electron chi connectivity index (χ4n) is 7.16. The van der Waals surface area contributed by atoms with Crippen LogP contribution in [0.5, 0.6) is 5.75 Å². The number of ether oxygens (including phenoxy) is 4. The van der Waals surface area contributed by atoms with Gasteiger partial charge in [-0.1, -0.05) is 19.4 Å². The second-order valence-corrected chi connectivity index (χ2v) is 10.1. The van der Waals surface area contributed by atoms with E-state index < -0.39 is 0 Å². The van der Waals surface area contributed by atoms with Crippen molar-refractivity contribution in [3.63, 3.8) is 0 Å². The molecule has 0 amide bonds. The normalized spacial score (nSPS) is 34.1. The molecule has 2 fully saturated rings. The first-order valence-corrected chi connectivity index (χ1v) is 12.1. The molecule has 0 bridgehead atoms. The zero-order valence-electron chi connectivity index (χ0n) is 19.5. The minimum Gasteiger partial charge on any atom is -0.468 e. The zero-order valence-corrected chi connectivity index (χ0v) is 19.5. The molecule has 1 N–H and O–H groups in total. The van der Waals surface area contributed by atoms with Gasteiger partial charge in [0.15, 0.2) is 6.79 Å². The molecule has 3 aliphatic rings. The molecular weight excluding hydrogens is 392 g/mol. The summed E-state index contributed by atoms with van der Waals surface area (Å²) >= 11 is 0. The van der Waals surface area contributed by atoms with Crippen LogP contribution in [-0.4, -0.2) is 45.6 Å². The Bertz CT molecular complexity index is 722. The zero-order chi connectivity index (χ0) is 21.8. The second kappa shape index (κ2) is 10.2. The lowest BCUT2D eigenvalue weighted by molar-refractivity contribution is -0.128. The van der Waals surface area contributed by atoms with Crippen LogP contribution in [-0.2, 0) is 20.6 Å². The summed E-state index contributed by atoms with van der Waals surface area (Å²) in [5, 5.41) is 9.36. The molecule has 3 aliphatic carbocycles. The van der Waals surface area contributed by atoms with E-state index in [0.717, 1.165) is 31.4 Å². The lowest BCUT2D eigenvalue weighted by atomic mass is 9.52. The van der Waals surface area contributed by atoms with Crippen LogP contribution in [0.2, 0.25) is 0 Å². The van der Waals surface area contributed by atoms with Crippen molar-refractivity contribution in [3.05, 3.63) is 29.3 Å². The Kier molecular flexibility index (Phi) is 7.58. The number of benzene rings is 1. The molecule has 0 radical (unpaired) electrons. The molecule has 0 saturated heterocycles. The summed E-state index contributed by atoms with van der Waals surface area (Å²) in [6.45, 7) is 3.45. The third-order valence-electron chi connectivity index (χ3n) is 8.50. The van der Waals surface area contributed by atoms with E-state index in [1.165, 1.54) is 36.8 Å². The van der Waals surface area contributed by atoms with E-state index in [-0.39, 0.29) is 12.2 Å². The number of unbranched alkanes of at least 4 members (excludes halogenated alkanes) is 1. The molecular formula is C26H40O5. The van der Waals surface area contributed by atoms with E-state index in [1.54, 1.807) is 14.2 Å². The molecule has 2 saturated carbocycles. The Morgan fingerprint density at radius 2 is 1.90 bits per heavy atom. The summed E-state index contributed by atoms with van der Waals surface area (Å²) in [4.78, 5) is 0. The molecule has 0 aliphatic heterocycles. The van der Waals surface area contributed by atoms with Gasteiger partial charge in [0.2, 0.25) is 0 Å². The first kappa shape index (κ1) is 23.0. The van der Waals surface area contributed by atoms with Crippen LogP contribution >= 0.6 is 0 Å². The van der Waals surface area contributed by atoms with Crippen molar-refractivity contribution in [2.75, 3.05) is 34.4 Å². The molecule has 174 valence electrons. The topological polar surface area (TPSA) is 57.2 Å². The lowest BCUT2D eigenvalue weighted by Gasteiger charge is -2.53. The van der Waals surface area contributed by atoms with Crippen LogP contribution in [0.3, 0.4) is 0 Å². The van der Waals surface area contributed by atoms with Crippen LogP contribution in [0.4, 0.5) is 0 Å². The number of methoxy groups -OCH3 is 2. The monoisotopic (exact) mass is 432 g/mol. The summed E-state index contributed by atoms with van der Waals surface area (Å²) in [5.74, 6) is 3.59. The Labute approximate surface area is 187 Å². The SMILES string of the molecule is COCOc1ccc2c(c1)C[C@@H](CCCCO)C1C2CC[C@@]2(C)C1CC[C@@H]2OCOC. The summed E-state index contributed by atoms with van der Waals surface area (Å²) in [7, 11) is 3.37. The lowest BCUT2D eigenvalue weighted by Crippen LogP contribution is -2.47. The Balaban J connectivity index is 1.61. The maximum absolute atomic E-state index is 9.36. The molecule has 3 unspecified atom stereocenters. The molecule has 31 heavy (non-hydrogen) atoms. The molecule has 0 spiro atoms. The molecule has 0 aromatic heterocycles. The van der Waals surface area contributed by atoms with Crippen LogP contribution < -0.4 is 4.74 Å². The minimum absolute atomic E-state index is 0.244. The van der Waals surface area contributed by atoms with Crippen molar-refractivity contribution in [2.24, 2.45) is 23.2 Å². The highest BCUT2D eigenvalue weighted by atomic mass is 16.7. The fraction of sp³-hybridized carbons (Fsp3) is 0.769. The van der Waals surface area contributed by atoms with Gasteiger partial charge in [-0.15, -0.1) is 0 Å². The standard InChI is InChI=1S/C26H40O5/c1-26-12-11-22-21-8-7-20(30-16-28-2)15-19(21)14-18(6-4-5-13-27)25(22)23(26)9-10-24(26)31-17-29-3/h7-8,15,18,22-25,27H,4-6,9-14,16-17H2,1-3H3/t18-,22?,23?,24+,25?,26+/m1/s1. The van der Waals surface area contributed by atoms with Crippen LogP contribution in [0.1, 0.15) is 68.9 Å². The molecule has 4 rings (SSSR count). The van der Waals surface area contributed by atoms with Gasteiger partial charge in [-0.2, -0.15) is 0 Å². The van der Waals surface area contributed by atoms with E-state index in [0.29, 0.717) is 43.2 Å². The van der Waals surface area contributed by atoms with Crippen molar-refractivity contribution in [1.29, 1.82) is 0 Å². The predicted molar refractivity (Wildman–Crippen MR) is 120 cm³/mol. The number of fused-ring (bicyclic) bond motifs is 5. The highest BCUT2D eigenvalue weighted by molar-refractivity contribution is 5.41. The summed E-state index contributed by atoms with van der Waals surface area (Å²) < 4.78 is 22.3. The van der Waals surface area contributed by atoms with Crippen molar-refractivity contribution >= 4 is 0 Å². The van der Waals surface area contributed by atoms with Crippen LogP contribution in [0.25, 0.3) is 0 Å². The summed E-state index contributed by atoms with van der Waals surface area (Å²) in [6.07, 6.45) is 9.47. The van der Waals surface area contributed by atoms with E-state index in [4.69, 9.17) is 18.9 Å². The van der Waals surface area contributed by atoms with E-state index in [2.05, 4.69) is 25.1 Å². The van der Waals surface area contributed by atoms with E-state index >= 15 is 0 Å². The van der Waals surface area contributed by atoms with Gasteiger partial charge in [-0.25, -0.2) is 0 Å². The van der Waals surface area contributed by atoms with Crippen molar-refractivity contribution in [1.82, 2.24) is 0 Å². The van der Waals surface area contributed by atoms with Crippen molar-refractivity contribution in [3.8, 4) is 5.75 Å². The maximum Gasteiger partial charge on any atom is 0.188 e. The Morgan fingerprint density at radius 3 is 2.68 bits per heavy atom. The van der Waals surface area contributed by atoms with E-state index in [9.17, 15) is 5.11 Å². The van der Waals surface area contributed by atoms with Gasteiger partial charge in [0.1, 0.15) is 12.5 Å². The maximum atomic E-state index is 9.36. The number of hydrogen-bond acceptors (Lipinski definition) is 5. The molecule has 1 aromatic rings. The molecule has 1 aromatic carbocycles. The van der Waals surface area contributed by atoms with Crippen LogP contribution in [0.15, 0.2) is 18.2 Å². The smallest absolute Gasteiger partial charge is 0.188 e. The minimum atomic E-state index is 0.244. The molecule has 5 heteroatoms. The van der Waals surface area contributed by atoms with Gasteiger partial charge >= 0.3 is 0 Å². The average molecular weight is 433 g/mol. The first-order chi connectivity index (χ1) is 15.1. The Morgan fingerprint density at radius 1 is 1.06 bits per heavy atom. The second-order valence-electron chi connectivity index (χ2n) is 10.1. The molecule has 6 atom stereocenters. The highest BCUT2D eigenvalue weighted by Gasteiger charge is 2.57. The summed E-state index contributed by atoms with van der Waals surface area (Å²) in [6, 6.07) is 6.68. The van der Waals surface area contributed by atoms with Gasteiger partial charge in [-0.05, 0) is 97.3 Å². The Hall–Kier alpha value is -1.14. The fourth-order valence-corrected chi connectivity index (χ4v) is 7.16. The first-order valence-electron chi connectivity index (χ1n) is 12.1. The predicted octanol–water partition coefficient (Wildman–Crippen LogP) is 4.90. The molecule has 5 nitrogen and oxygen atoms in total. The summed E-state index contributed by atoms with van der Waals surface area (Å²) in [5.41, 5.74) is 3.24.